The zero-order valence-corrected chi connectivity index (χ0v) is 18.6. The topological polar surface area (TPSA) is 116 Å². The van der Waals surface area contributed by atoms with Crippen molar-refractivity contribution in [3.05, 3.63) is 78.1 Å². The Morgan fingerprint density at radius 2 is 1.91 bits per heavy atom. The number of carbonyl (C=O) groups is 1. The predicted molar refractivity (Wildman–Crippen MR) is 129 cm³/mol. The number of aromatic nitrogens is 6. The Hall–Kier alpha value is -4.60. The number of benzene rings is 1. The molecule has 10 heteroatoms. The molecule has 0 saturated heterocycles. The standard InChI is InChI=1S/C25H21FN8O/c26-17-6-4-15(5-7-17)23-24(33-12-2-1-3-21(33)31-23)18-8-9-22-29-20(14-34(22)32-18)30-25(35)16-10-11-28-19(27)13-16/h4-11,13-14H,1-3,12H2,(H2,27,28)(H,30,35). The van der Waals surface area contributed by atoms with Crippen LogP contribution in [0.1, 0.15) is 29.0 Å². The third-order valence-corrected chi connectivity index (χ3v) is 6.04. The number of nitrogens with two attached hydrogens (primary N) is 1. The van der Waals surface area contributed by atoms with Gasteiger partial charge in [0, 0.05) is 30.3 Å². The molecule has 0 saturated carbocycles. The lowest BCUT2D eigenvalue weighted by atomic mass is 10.1. The molecular formula is C25H21FN8O. The number of aryl methyl sites for hydroxylation is 1. The molecule has 0 radical (unpaired) electrons. The van der Waals surface area contributed by atoms with Crippen molar-refractivity contribution in [2.45, 2.75) is 25.8 Å². The van der Waals surface area contributed by atoms with E-state index in [4.69, 9.17) is 15.8 Å². The van der Waals surface area contributed by atoms with Crippen molar-refractivity contribution in [3.8, 4) is 22.6 Å². The minimum atomic E-state index is -0.341. The Kier molecular flexibility index (Phi) is 4.98. The summed E-state index contributed by atoms with van der Waals surface area (Å²) in [5.74, 6) is 0.999. The monoisotopic (exact) mass is 468 g/mol. The first-order valence-electron chi connectivity index (χ1n) is 11.3. The molecule has 174 valence electrons. The van der Waals surface area contributed by atoms with E-state index in [1.165, 1.54) is 24.4 Å². The number of imidazole rings is 2. The van der Waals surface area contributed by atoms with Gasteiger partial charge in [-0.2, -0.15) is 5.10 Å². The van der Waals surface area contributed by atoms with Crippen molar-refractivity contribution in [2.24, 2.45) is 0 Å². The highest BCUT2D eigenvalue weighted by molar-refractivity contribution is 6.04. The Morgan fingerprint density at radius 1 is 1.06 bits per heavy atom. The molecule has 0 aliphatic carbocycles. The van der Waals surface area contributed by atoms with Gasteiger partial charge in [0.1, 0.15) is 23.2 Å². The number of carbonyl (C=O) groups excluding carboxylic acids is 1. The van der Waals surface area contributed by atoms with Crippen LogP contribution in [0.2, 0.25) is 0 Å². The van der Waals surface area contributed by atoms with Crippen LogP contribution >= 0.6 is 0 Å². The average molecular weight is 468 g/mol. The number of nitrogen functional groups attached to an aromatic ring is 1. The van der Waals surface area contributed by atoms with Crippen LogP contribution in [0.4, 0.5) is 16.0 Å². The lowest BCUT2D eigenvalue weighted by Crippen LogP contribution is -2.12. The van der Waals surface area contributed by atoms with Crippen LogP contribution in [-0.4, -0.2) is 35.0 Å². The van der Waals surface area contributed by atoms with Crippen molar-refractivity contribution < 1.29 is 9.18 Å². The fourth-order valence-corrected chi connectivity index (χ4v) is 4.40. The summed E-state index contributed by atoms with van der Waals surface area (Å²) in [6, 6.07) is 13.2. The second kappa shape index (κ2) is 8.32. The van der Waals surface area contributed by atoms with Gasteiger partial charge in [0.2, 0.25) is 0 Å². The number of halogens is 1. The summed E-state index contributed by atoms with van der Waals surface area (Å²) >= 11 is 0. The number of rotatable bonds is 4. The Morgan fingerprint density at radius 3 is 2.74 bits per heavy atom. The zero-order chi connectivity index (χ0) is 23.9. The summed E-state index contributed by atoms with van der Waals surface area (Å²) in [7, 11) is 0. The minimum Gasteiger partial charge on any atom is -0.384 e. The third kappa shape index (κ3) is 3.88. The van der Waals surface area contributed by atoms with Gasteiger partial charge in [-0.25, -0.2) is 23.9 Å². The van der Waals surface area contributed by atoms with Gasteiger partial charge in [-0.1, -0.05) is 0 Å². The number of hydrogen-bond donors (Lipinski definition) is 2. The number of hydrogen-bond acceptors (Lipinski definition) is 6. The molecule has 1 aliphatic heterocycles. The number of fused-ring (bicyclic) bond motifs is 2. The van der Waals surface area contributed by atoms with E-state index >= 15 is 0 Å². The summed E-state index contributed by atoms with van der Waals surface area (Å²) in [4.78, 5) is 25.8. The highest BCUT2D eigenvalue weighted by Crippen LogP contribution is 2.34. The number of nitrogens with one attached hydrogen (secondary N) is 1. The molecule has 6 rings (SSSR count). The van der Waals surface area contributed by atoms with Crippen LogP contribution in [-0.2, 0) is 13.0 Å². The van der Waals surface area contributed by atoms with E-state index in [9.17, 15) is 9.18 Å². The van der Waals surface area contributed by atoms with Gasteiger partial charge >= 0.3 is 0 Å². The molecule has 5 heterocycles. The average Bonchev–Trinajstić information content (AvgIpc) is 3.44. The van der Waals surface area contributed by atoms with Gasteiger partial charge < -0.3 is 15.6 Å². The summed E-state index contributed by atoms with van der Waals surface area (Å²) < 4.78 is 17.4. The molecule has 0 bridgehead atoms. The molecule has 0 atom stereocenters. The van der Waals surface area contributed by atoms with Gasteiger partial charge in [-0.05, 0) is 61.4 Å². The molecule has 0 fully saturated rings. The van der Waals surface area contributed by atoms with Crippen LogP contribution in [0.3, 0.4) is 0 Å². The molecule has 35 heavy (non-hydrogen) atoms. The lowest BCUT2D eigenvalue weighted by Gasteiger charge is -2.16. The van der Waals surface area contributed by atoms with E-state index in [2.05, 4.69) is 19.9 Å². The van der Waals surface area contributed by atoms with Gasteiger partial charge in [0.15, 0.2) is 11.5 Å². The zero-order valence-electron chi connectivity index (χ0n) is 18.6. The van der Waals surface area contributed by atoms with E-state index in [0.29, 0.717) is 17.0 Å². The fraction of sp³-hybridized carbons (Fsp3) is 0.160. The van der Waals surface area contributed by atoms with Crippen LogP contribution < -0.4 is 11.1 Å². The molecule has 1 amide bonds. The first-order chi connectivity index (χ1) is 17.0. The maximum atomic E-state index is 13.6. The van der Waals surface area contributed by atoms with E-state index in [1.807, 2.05) is 12.1 Å². The van der Waals surface area contributed by atoms with Crippen LogP contribution in [0.15, 0.2) is 60.9 Å². The molecule has 4 aromatic heterocycles. The SMILES string of the molecule is Nc1cc(C(=O)Nc2cn3nc(-c4c(-c5ccc(F)cc5)nc5n4CCCC5)ccc3n2)ccn1. The molecule has 3 N–H and O–H groups in total. The first kappa shape index (κ1) is 21.0. The van der Waals surface area contributed by atoms with Gasteiger partial charge in [-0.15, -0.1) is 0 Å². The number of amides is 1. The molecule has 5 aromatic rings. The predicted octanol–water partition coefficient (Wildman–Crippen LogP) is 3.96. The van der Waals surface area contributed by atoms with Crippen LogP contribution in [0, 0.1) is 5.82 Å². The summed E-state index contributed by atoms with van der Waals surface area (Å²) in [6.07, 6.45) is 6.16. The Bertz CT molecular complexity index is 1570. The minimum absolute atomic E-state index is 0.264. The lowest BCUT2D eigenvalue weighted by molar-refractivity contribution is 0.102. The van der Waals surface area contributed by atoms with Crippen molar-refractivity contribution in [2.75, 3.05) is 11.1 Å². The second-order valence-electron chi connectivity index (χ2n) is 8.41. The van der Waals surface area contributed by atoms with Crippen molar-refractivity contribution in [1.29, 1.82) is 0 Å². The largest absolute Gasteiger partial charge is 0.384 e. The van der Waals surface area contributed by atoms with Crippen LogP contribution in [0.25, 0.3) is 28.3 Å². The van der Waals surface area contributed by atoms with Crippen molar-refractivity contribution in [3.63, 3.8) is 0 Å². The quantitative estimate of drug-likeness (QED) is 0.412. The van der Waals surface area contributed by atoms with E-state index in [0.717, 1.165) is 54.3 Å². The molecule has 1 aliphatic rings. The molecule has 0 unspecified atom stereocenters. The van der Waals surface area contributed by atoms with Crippen LogP contribution in [0.5, 0.6) is 0 Å². The van der Waals surface area contributed by atoms with Gasteiger partial charge in [0.25, 0.3) is 5.91 Å². The number of anilines is 2. The second-order valence-corrected chi connectivity index (χ2v) is 8.41. The molecule has 0 spiro atoms. The van der Waals surface area contributed by atoms with E-state index < -0.39 is 0 Å². The maximum Gasteiger partial charge on any atom is 0.257 e. The Balaban J connectivity index is 1.39. The summed E-state index contributed by atoms with van der Waals surface area (Å²) in [5, 5.41) is 7.56. The van der Waals surface area contributed by atoms with Crippen molar-refractivity contribution >= 4 is 23.2 Å². The Labute approximate surface area is 199 Å². The number of pyridine rings is 1. The molecule has 9 nitrogen and oxygen atoms in total. The summed E-state index contributed by atoms with van der Waals surface area (Å²) in [6.45, 7) is 0.846. The number of nitrogens with zero attached hydrogens (tertiary/aromatic N) is 6. The van der Waals surface area contributed by atoms with Crippen molar-refractivity contribution in [1.82, 2.24) is 29.1 Å². The van der Waals surface area contributed by atoms with E-state index in [-0.39, 0.29) is 17.5 Å². The third-order valence-electron chi connectivity index (χ3n) is 6.04. The van der Waals surface area contributed by atoms with E-state index in [1.54, 1.807) is 28.9 Å². The maximum absolute atomic E-state index is 13.6. The van der Waals surface area contributed by atoms with Gasteiger partial charge in [0.05, 0.1) is 17.6 Å². The fourth-order valence-electron chi connectivity index (χ4n) is 4.40. The first-order valence-corrected chi connectivity index (χ1v) is 11.3. The highest BCUT2D eigenvalue weighted by Gasteiger charge is 2.23. The smallest absolute Gasteiger partial charge is 0.257 e. The summed E-state index contributed by atoms with van der Waals surface area (Å²) in [5.41, 5.74) is 9.86. The molecular weight excluding hydrogens is 447 g/mol. The van der Waals surface area contributed by atoms with Gasteiger partial charge in [-0.3, -0.25) is 4.79 Å². The highest BCUT2D eigenvalue weighted by atomic mass is 19.1. The normalized spacial score (nSPS) is 13.1. The molecule has 1 aromatic carbocycles.